The van der Waals surface area contributed by atoms with Crippen molar-refractivity contribution in [3.05, 3.63) is 30.5 Å². The standard InChI is InChI=1S/C18H29N3O3S.ClH/c1-3-4-15(7-10-19-2)8-12-21-25(22,23)14-24-17-5-6-18-16(13-17)9-11-20-18;/h5-6,9,11,13,15,19-21H,3-4,7-8,10,12,14H2,1-2H3;1H. The molecule has 1 unspecified atom stereocenters. The molecule has 1 heterocycles. The highest BCUT2D eigenvalue weighted by molar-refractivity contribution is 7.89. The molecule has 0 aliphatic carbocycles. The fraction of sp³-hybridized carbons (Fsp3) is 0.556. The number of hydrogen-bond acceptors (Lipinski definition) is 4. The molecule has 0 aliphatic rings. The highest BCUT2D eigenvalue weighted by Crippen LogP contribution is 2.20. The Morgan fingerprint density at radius 1 is 1.15 bits per heavy atom. The zero-order valence-corrected chi connectivity index (χ0v) is 17.1. The zero-order chi connectivity index (χ0) is 18.1. The van der Waals surface area contributed by atoms with E-state index in [2.05, 4.69) is 21.9 Å². The summed E-state index contributed by atoms with van der Waals surface area (Å²) in [5.74, 6) is 0.727. The van der Waals surface area contributed by atoms with E-state index >= 15 is 0 Å². The first-order chi connectivity index (χ1) is 12.0. The summed E-state index contributed by atoms with van der Waals surface area (Å²) < 4.78 is 32.3. The van der Waals surface area contributed by atoms with Crippen molar-refractivity contribution in [1.82, 2.24) is 15.0 Å². The maximum atomic E-state index is 12.1. The lowest BCUT2D eigenvalue weighted by Crippen LogP contribution is -2.31. The van der Waals surface area contributed by atoms with Gasteiger partial charge in [-0.2, -0.15) is 0 Å². The number of benzene rings is 1. The molecular weight excluding hydrogens is 374 g/mol. The van der Waals surface area contributed by atoms with E-state index in [1.807, 2.05) is 31.4 Å². The van der Waals surface area contributed by atoms with Gasteiger partial charge in [0.25, 0.3) is 0 Å². The van der Waals surface area contributed by atoms with Crippen LogP contribution in [0.15, 0.2) is 30.5 Å². The molecule has 2 rings (SSSR count). The van der Waals surface area contributed by atoms with Crippen molar-refractivity contribution in [3.63, 3.8) is 0 Å². The minimum atomic E-state index is -3.45. The van der Waals surface area contributed by atoms with Gasteiger partial charge < -0.3 is 15.0 Å². The molecule has 148 valence electrons. The van der Waals surface area contributed by atoms with Gasteiger partial charge in [0.1, 0.15) is 5.75 Å². The van der Waals surface area contributed by atoms with Crippen molar-refractivity contribution in [3.8, 4) is 5.75 Å². The molecule has 2 aromatic rings. The Morgan fingerprint density at radius 3 is 2.65 bits per heavy atom. The SMILES string of the molecule is CCCC(CCNC)CCNS(=O)(=O)COc1ccc2[nH]ccc2c1.Cl. The van der Waals surface area contributed by atoms with Crippen LogP contribution in [0.3, 0.4) is 0 Å². The minimum absolute atomic E-state index is 0. The van der Waals surface area contributed by atoms with Crippen LogP contribution in [0.2, 0.25) is 0 Å². The third kappa shape index (κ3) is 7.53. The molecule has 1 aromatic heterocycles. The van der Waals surface area contributed by atoms with Crippen LogP contribution >= 0.6 is 12.4 Å². The predicted octanol–water partition coefficient (Wildman–Crippen LogP) is 3.26. The molecule has 8 heteroatoms. The van der Waals surface area contributed by atoms with Gasteiger partial charge in [-0.25, -0.2) is 13.1 Å². The van der Waals surface area contributed by atoms with E-state index in [0.717, 1.165) is 43.1 Å². The number of H-pyrrole nitrogens is 1. The van der Waals surface area contributed by atoms with Crippen LogP contribution < -0.4 is 14.8 Å². The summed E-state index contributed by atoms with van der Waals surface area (Å²) in [5, 5.41) is 4.15. The summed E-state index contributed by atoms with van der Waals surface area (Å²) in [6.45, 7) is 3.57. The van der Waals surface area contributed by atoms with E-state index < -0.39 is 10.0 Å². The molecule has 0 saturated heterocycles. The average molecular weight is 404 g/mol. The molecule has 6 nitrogen and oxygen atoms in total. The van der Waals surface area contributed by atoms with Crippen LogP contribution in [0.25, 0.3) is 10.9 Å². The lowest BCUT2D eigenvalue weighted by Gasteiger charge is -2.16. The molecule has 3 N–H and O–H groups in total. The second kappa shape index (κ2) is 11.4. The number of halogens is 1. The van der Waals surface area contributed by atoms with Crippen LogP contribution in [-0.4, -0.2) is 39.5 Å². The molecule has 0 spiro atoms. The minimum Gasteiger partial charge on any atom is -0.476 e. The Balaban J connectivity index is 0.00000338. The van der Waals surface area contributed by atoms with E-state index in [-0.39, 0.29) is 18.3 Å². The average Bonchev–Trinajstić information content (AvgIpc) is 3.05. The number of ether oxygens (including phenoxy) is 1. The Labute approximate surface area is 162 Å². The van der Waals surface area contributed by atoms with Gasteiger partial charge in [0.2, 0.25) is 16.0 Å². The summed E-state index contributed by atoms with van der Waals surface area (Å²) in [7, 11) is -1.51. The smallest absolute Gasteiger partial charge is 0.246 e. The first-order valence-corrected chi connectivity index (χ1v) is 10.5. The topological polar surface area (TPSA) is 83.2 Å². The maximum Gasteiger partial charge on any atom is 0.246 e. The number of fused-ring (bicyclic) bond motifs is 1. The van der Waals surface area contributed by atoms with Crippen molar-refractivity contribution < 1.29 is 13.2 Å². The number of hydrogen-bond donors (Lipinski definition) is 3. The Hall–Kier alpha value is -1.28. The summed E-state index contributed by atoms with van der Waals surface area (Å²) in [5.41, 5.74) is 0.997. The van der Waals surface area contributed by atoms with Crippen molar-refractivity contribution in [2.75, 3.05) is 26.1 Å². The molecule has 26 heavy (non-hydrogen) atoms. The van der Waals surface area contributed by atoms with Crippen molar-refractivity contribution in [2.45, 2.75) is 32.6 Å². The van der Waals surface area contributed by atoms with Gasteiger partial charge in [0.05, 0.1) is 0 Å². The Kier molecular flexibility index (Phi) is 10.0. The van der Waals surface area contributed by atoms with Gasteiger partial charge in [0.15, 0.2) is 0 Å². The Morgan fingerprint density at radius 2 is 1.92 bits per heavy atom. The van der Waals surface area contributed by atoms with Crippen molar-refractivity contribution in [1.29, 1.82) is 0 Å². The molecule has 0 radical (unpaired) electrons. The fourth-order valence-corrected chi connectivity index (χ4v) is 3.72. The summed E-state index contributed by atoms with van der Waals surface area (Å²) in [6.07, 6.45) is 6.00. The van der Waals surface area contributed by atoms with Crippen LogP contribution in [0.1, 0.15) is 32.6 Å². The van der Waals surface area contributed by atoms with Gasteiger partial charge in [-0.1, -0.05) is 19.8 Å². The molecule has 0 fully saturated rings. The highest BCUT2D eigenvalue weighted by Gasteiger charge is 2.13. The van der Waals surface area contributed by atoms with E-state index in [1.165, 1.54) is 0 Å². The normalized spacial score (nSPS) is 12.7. The molecular formula is C18H30ClN3O3S. The number of nitrogens with one attached hydrogen (secondary N) is 3. The third-order valence-corrected chi connectivity index (χ3v) is 5.35. The first kappa shape index (κ1) is 22.8. The molecule has 1 atom stereocenters. The van der Waals surface area contributed by atoms with Crippen LogP contribution in [0.5, 0.6) is 5.75 Å². The van der Waals surface area contributed by atoms with Gasteiger partial charge in [0, 0.05) is 23.6 Å². The third-order valence-electron chi connectivity index (χ3n) is 4.28. The fourth-order valence-electron chi connectivity index (χ4n) is 2.92. The summed E-state index contributed by atoms with van der Waals surface area (Å²) >= 11 is 0. The summed E-state index contributed by atoms with van der Waals surface area (Å²) in [6, 6.07) is 7.40. The van der Waals surface area contributed by atoms with E-state index in [1.54, 1.807) is 6.07 Å². The number of aromatic nitrogens is 1. The van der Waals surface area contributed by atoms with Gasteiger partial charge in [-0.05, 0) is 56.6 Å². The second-order valence-corrected chi connectivity index (χ2v) is 8.09. The second-order valence-electron chi connectivity index (χ2n) is 6.33. The van der Waals surface area contributed by atoms with Gasteiger partial charge >= 0.3 is 0 Å². The predicted molar refractivity (Wildman–Crippen MR) is 110 cm³/mol. The molecule has 0 amide bonds. The van der Waals surface area contributed by atoms with Crippen LogP contribution in [-0.2, 0) is 10.0 Å². The number of sulfonamides is 1. The van der Waals surface area contributed by atoms with E-state index in [0.29, 0.717) is 18.2 Å². The Bertz CT molecular complexity index is 749. The molecule has 0 saturated carbocycles. The largest absolute Gasteiger partial charge is 0.476 e. The van der Waals surface area contributed by atoms with Crippen molar-refractivity contribution in [2.24, 2.45) is 5.92 Å². The summed E-state index contributed by atoms with van der Waals surface area (Å²) in [4.78, 5) is 3.09. The van der Waals surface area contributed by atoms with E-state index in [9.17, 15) is 8.42 Å². The first-order valence-electron chi connectivity index (χ1n) is 8.86. The molecule has 0 bridgehead atoms. The monoisotopic (exact) mass is 403 g/mol. The molecule has 1 aromatic carbocycles. The lowest BCUT2D eigenvalue weighted by molar-refractivity contribution is 0.371. The van der Waals surface area contributed by atoms with Crippen LogP contribution in [0.4, 0.5) is 0 Å². The quantitative estimate of drug-likeness (QED) is 0.508. The lowest BCUT2D eigenvalue weighted by atomic mass is 9.96. The highest BCUT2D eigenvalue weighted by atomic mass is 35.5. The van der Waals surface area contributed by atoms with Crippen molar-refractivity contribution >= 4 is 33.3 Å². The van der Waals surface area contributed by atoms with Gasteiger partial charge in [-0.15, -0.1) is 12.4 Å². The van der Waals surface area contributed by atoms with E-state index in [4.69, 9.17) is 4.74 Å². The van der Waals surface area contributed by atoms with Gasteiger partial charge in [-0.3, -0.25) is 0 Å². The molecule has 0 aliphatic heterocycles. The van der Waals surface area contributed by atoms with Crippen LogP contribution in [0, 0.1) is 5.92 Å². The zero-order valence-electron chi connectivity index (χ0n) is 15.5. The number of rotatable bonds is 12. The maximum absolute atomic E-state index is 12.1. The number of aromatic amines is 1.